The zero-order valence-electron chi connectivity index (χ0n) is 34.6. The van der Waals surface area contributed by atoms with Crippen molar-refractivity contribution >= 4 is 32.3 Å². The Morgan fingerprint density at radius 1 is 0.367 bits per heavy atom. The third-order valence-corrected chi connectivity index (χ3v) is 14.6. The Morgan fingerprint density at radius 3 is 1.77 bits per heavy atom. The molecule has 0 saturated carbocycles. The van der Waals surface area contributed by atoms with Crippen LogP contribution >= 0.6 is 0 Å². The second kappa shape index (κ2) is 12.9. The quantitative estimate of drug-likeness (QED) is 0.157. The van der Waals surface area contributed by atoms with E-state index in [2.05, 4.69) is 222 Å². The van der Waals surface area contributed by atoms with Crippen LogP contribution in [0.4, 0.5) is 0 Å². The fourth-order valence-electron chi connectivity index (χ4n) is 11.4. The summed E-state index contributed by atoms with van der Waals surface area (Å²) in [5.74, 6) is 0.961. The van der Waals surface area contributed by atoms with Gasteiger partial charge in [-0.15, -0.1) is 0 Å². The molecule has 9 aromatic rings. The highest BCUT2D eigenvalue weighted by Gasteiger charge is 2.44. The third-order valence-electron chi connectivity index (χ3n) is 14.6. The van der Waals surface area contributed by atoms with Crippen molar-refractivity contribution in [1.29, 1.82) is 0 Å². The maximum atomic E-state index is 2.49. The molecule has 0 bridgehead atoms. The highest BCUT2D eigenvalue weighted by Crippen LogP contribution is 2.54. The molecule has 0 N–H and O–H groups in total. The predicted octanol–water partition coefficient (Wildman–Crippen LogP) is 16.2. The minimum Gasteiger partial charge on any atom is -0.0796 e. The summed E-state index contributed by atoms with van der Waals surface area (Å²) in [6.07, 6.45) is 9.24. The fourth-order valence-corrected chi connectivity index (χ4v) is 11.4. The molecule has 0 nitrogen and oxygen atoms in total. The lowest BCUT2D eigenvalue weighted by atomic mass is 9.74. The van der Waals surface area contributed by atoms with Crippen LogP contribution in [0.25, 0.3) is 88.0 Å². The normalized spacial score (nSPS) is 17.8. The van der Waals surface area contributed by atoms with Gasteiger partial charge in [-0.2, -0.15) is 0 Å². The van der Waals surface area contributed by atoms with Crippen LogP contribution in [0.2, 0.25) is 0 Å². The van der Waals surface area contributed by atoms with E-state index in [0.29, 0.717) is 11.8 Å². The summed E-state index contributed by atoms with van der Waals surface area (Å²) >= 11 is 0. The van der Waals surface area contributed by atoms with E-state index in [1.54, 1.807) is 0 Å². The lowest BCUT2D eigenvalue weighted by Crippen LogP contribution is -2.24. The molecule has 0 heteroatoms. The predicted molar refractivity (Wildman–Crippen MR) is 256 cm³/mol. The maximum Gasteiger partial charge on any atom is 0.0159 e. The molecule has 3 aliphatic rings. The van der Waals surface area contributed by atoms with Crippen LogP contribution in [-0.2, 0) is 10.8 Å². The molecule has 0 radical (unpaired) electrons. The molecule has 286 valence electrons. The maximum absolute atomic E-state index is 2.49. The lowest BCUT2D eigenvalue weighted by Gasteiger charge is -2.29. The molecule has 0 saturated heterocycles. The fraction of sp³-hybridized carbons (Fsp3) is 0.133. The molecule has 0 spiro atoms. The van der Waals surface area contributed by atoms with E-state index in [4.69, 9.17) is 0 Å². The van der Waals surface area contributed by atoms with Crippen LogP contribution < -0.4 is 0 Å². The van der Waals surface area contributed by atoms with Gasteiger partial charge in [0, 0.05) is 11.3 Å². The first-order valence-corrected chi connectivity index (χ1v) is 21.6. The Hall–Kier alpha value is -6.76. The molecule has 2 atom stereocenters. The first-order valence-electron chi connectivity index (χ1n) is 21.6. The Labute approximate surface area is 353 Å². The van der Waals surface area contributed by atoms with E-state index in [-0.39, 0.29) is 10.8 Å². The van der Waals surface area contributed by atoms with E-state index in [0.717, 1.165) is 0 Å². The van der Waals surface area contributed by atoms with Gasteiger partial charge >= 0.3 is 0 Å². The largest absolute Gasteiger partial charge is 0.0796 e. The van der Waals surface area contributed by atoms with Crippen LogP contribution in [0.5, 0.6) is 0 Å². The van der Waals surface area contributed by atoms with Crippen LogP contribution in [0, 0.1) is 5.92 Å². The first-order chi connectivity index (χ1) is 29.3. The van der Waals surface area contributed by atoms with Crippen molar-refractivity contribution in [1.82, 2.24) is 0 Å². The Kier molecular flexibility index (Phi) is 7.55. The topological polar surface area (TPSA) is 0 Å². The smallest absolute Gasteiger partial charge is 0.0159 e. The average Bonchev–Trinajstić information content (AvgIpc) is 3.66. The second-order valence-corrected chi connectivity index (χ2v) is 18.5. The summed E-state index contributed by atoms with van der Waals surface area (Å²) in [4.78, 5) is 0. The van der Waals surface area contributed by atoms with Gasteiger partial charge in [0.1, 0.15) is 0 Å². The summed E-state index contributed by atoms with van der Waals surface area (Å²) in [6.45, 7) is 9.60. The Morgan fingerprint density at radius 2 is 0.933 bits per heavy atom. The highest BCUT2D eigenvalue weighted by molar-refractivity contribution is 6.22. The average molecular weight is 767 g/mol. The van der Waals surface area contributed by atoms with Crippen molar-refractivity contribution in [2.75, 3.05) is 0 Å². The van der Waals surface area contributed by atoms with Crippen LogP contribution in [-0.4, -0.2) is 0 Å². The zero-order chi connectivity index (χ0) is 40.3. The number of fused-ring (bicyclic) bond motifs is 9. The van der Waals surface area contributed by atoms with Gasteiger partial charge in [-0.3, -0.25) is 0 Å². The number of benzene rings is 9. The molecular formula is C60H46. The molecule has 2 unspecified atom stereocenters. The minimum absolute atomic E-state index is 0.0844. The second-order valence-electron chi connectivity index (χ2n) is 18.5. The van der Waals surface area contributed by atoms with Gasteiger partial charge in [-0.1, -0.05) is 204 Å². The van der Waals surface area contributed by atoms with Crippen molar-refractivity contribution in [3.05, 3.63) is 216 Å². The first kappa shape index (κ1) is 35.2. The molecular weight excluding hydrogens is 721 g/mol. The molecule has 0 heterocycles. The van der Waals surface area contributed by atoms with Gasteiger partial charge in [-0.05, 0) is 140 Å². The van der Waals surface area contributed by atoms with Crippen LogP contribution in [0.3, 0.4) is 0 Å². The van der Waals surface area contributed by atoms with Crippen molar-refractivity contribution < 1.29 is 0 Å². The standard InChI is InChI=1S/C60H46/c1-59(2)53-19-11-9-15-45(53)47-30-27-43(35-55(47)59)38-21-24-39(25-22-38)57-49-17-7-8-18-50(49)58(44-29-31-48-46-16-10-12-20-54(46)60(3,4)56(48)36-44)52-34-42(28-32-51(52)57)41-26-23-37-13-5-6-14-40(37)33-41/h5-36,45,53H,1-4H3. The summed E-state index contributed by atoms with van der Waals surface area (Å²) in [5.41, 5.74) is 18.5. The molecule has 12 rings (SSSR count). The van der Waals surface area contributed by atoms with E-state index in [9.17, 15) is 0 Å². The van der Waals surface area contributed by atoms with Crippen molar-refractivity contribution in [2.45, 2.75) is 44.4 Å². The molecule has 60 heavy (non-hydrogen) atoms. The summed E-state index contributed by atoms with van der Waals surface area (Å²) < 4.78 is 0. The van der Waals surface area contributed by atoms with E-state index >= 15 is 0 Å². The van der Waals surface area contributed by atoms with Gasteiger partial charge in [0.2, 0.25) is 0 Å². The Bertz CT molecular complexity index is 3310. The van der Waals surface area contributed by atoms with Gasteiger partial charge in [0.05, 0.1) is 0 Å². The Balaban J connectivity index is 1.05. The minimum atomic E-state index is -0.0909. The number of hydrogen-bond acceptors (Lipinski definition) is 0. The van der Waals surface area contributed by atoms with Crippen molar-refractivity contribution in [2.24, 2.45) is 5.92 Å². The zero-order valence-corrected chi connectivity index (χ0v) is 34.6. The number of hydrogen-bond donors (Lipinski definition) is 0. The monoisotopic (exact) mass is 766 g/mol. The summed E-state index contributed by atoms with van der Waals surface area (Å²) in [5, 5.41) is 7.62. The van der Waals surface area contributed by atoms with Gasteiger partial charge in [0.15, 0.2) is 0 Å². The van der Waals surface area contributed by atoms with E-state index in [1.165, 1.54) is 110 Å². The molecule has 0 aromatic heterocycles. The molecule has 0 fully saturated rings. The third kappa shape index (κ3) is 5.10. The van der Waals surface area contributed by atoms with E-state index < -0.39 is 0 Å². The SMILES string of the molecule is CC1(C)c2ccccc2-c2ccc(-c3c4ccccc4c(-c4ccc(-c5ccc6c(c5)C(C)(C)C5C=CC=CC65)cc4)c4ccc(-c5ccc6ccccc6c5)cc34)cc21. The van der Waals surface area contributed by atoms with Crippen LogP contribution in [0.1, 0.15) is 55.9 Å². The highest BCUT2D eigenvalue weighted by atomic mass is 14.5. The van der Waals surface area contributed by atoms with Crippen LogP contribution in [0.15, 0.2) is 194 Å². The molecule has 3 aliphatic carbocycles. The van der Waals surface area contributed by atoms with Crippen molar-refractivity contribution in [3.8, 4) is 55.6 Å². The summed E-state index contributed by atoms with van der Waals surface area (Å²) in [7, 11) is 0. The van der Waals surface area contributed by atoms with Gasteiger partial charge < -0.3 is 0 Å². The van der Waals surface area contributed by atoms with Gasteiger partial charge in [-0.25, -0.2) is 0 Å². The molecule has 0 amide bonds. The lowest BCUT2D eigenvalue weighted by molar-refractivity contribution is 0.394. The van der Waals surface area contributed by atoms with E-state index in [1.807, 2.05) is 0 Å². The molecule has 9 aromatic carbocycles. The number of rotatable bonds is 4. The number of allylic oxidation sites excluding steroid dienone is 4. The molecule has 0 aliphatic heterocycles. The van der Waals surface area contributed by atoms with Gasteiger partial charge in [0.25, 0.3) is 0 Å². The van der Waals surface area contributed by atoms with Crippen molar-refractivity contribution in [3.63, 3.8) is 0 Å². The summed E-state index contributed by atoms with van der Waals surface area (Å²) in [6, 6.07) is 64.6.